The van der Waals surface area contributed by atoms with Crippen molar-refractivity contribution in [1.82, 2.24) is 10.1 Å². The summed E-state index contributed by atoms with van der Waals surface area (Å²) < 4.78 is 37.6. The van der Waals surface area contributed by atoms with Crippen LogP contribution < -0.4 is 4.72 Å². The van der Waals surface area contributed by atoms with Crippen LogP contribution in [-0.2, 0) is 21.4 Å². The van der Waals surface area contributed by atoms with Crippen LogP contribution in [0.4, 0.5) is 5.69 Å². The number of benzene rings is 1. The monoisotopic (exact) mass is 407 g/mol. The lowest BCUT2D eigenvalue weighted by molar-refractivity contribution is 0.0431. The molecule has 0 radical (unpaired) electrons. The highest BCUT2D eigenvalue weighted by Gasteiger charge is 2.20. The van der Waals surface area contributed by atoms with Crippen molar-refractivity contribution >= 4 is 33.0 Å². The fourth-order valence-corrected chi connectivity index (χ4v) is 4.20. The summed E-state index contributed by atoms with van der Waals surface area (Å²) in [5.74, 6) is 0.0724. The van der Waals surface area contributed by atoms with Gasteiger partial charge < -0.3 is 9.26 Å². The first-order valence-electron chi connectivity index (χ1n) is 8.02. The van der Waals surface area contributed by atoms with Crippen LogP contribution in [0.2, 0.25) is 0 Å². The second-order valence-corrected chi connectivity index (χ2v) is 8.72. The summed E-state index contributed by atoms with van der Waals surface area (Å²) in [5.41, 5.74) is 0.213. The van der Waals surface area contributed by atoms with Gasteiger partial charge in [0.15, 0.2) is 12.4 Å². The van der Waals surface area contributed by atoms with Crippen molar-refractivity contribution in [3.8, 4) is 0 Å². The number of esters is 1. The van der Waals surface area contributed by atoms with E-state index in [4.69, 9.17) is 9.26 Å². The largest absolute Gasteiger partial charge is 0.452 e. The van der Waals surface area contributed by atoms with E-state index in [1.165, 1.54) is 18.2 Å². The molecule has 10 heteroatoms. The van der Waals surface area contributed by atoms with Crippen molar-refractivity contribution < 1.29 is 22.5 Å². The highest BCUT2D eigenvalue weighted by molar-refractivity contribution is 7.94. The van der Waals surface area contributed by atoms with E-state index < -0.39 is 16.0 Å². The lowest BCUT2D eigenvalue weighted by Crippen LogP contribution is -2.15. The Hall–Kier alpha value is -2.72. The van der Waals surface area contributed by atoms with E-state index in [-0.39, 0.29) is 33.9 Å². The topological polar surface area (TPSA) is 111 Å². The first-order valence-corrected chi connectivity index (χ1v) is 10.4. The van der Waals surface area contributed by atoms with Crippen LogP contribution in [0.3, 0.4) is 0 Å². The van der Waals surface area contributed by atoms with Crippen molar-refractivity contribution in [1.29, 1.82) is 0 Å². The molecule has 0 unspecified atom stereocenters. The van der Waals surface area contributed by atoms with Crippen LogP contribution in [0.1, 0.15) is 41.8 Å². The lowest BCUT2D eigenvalue weighted by Gasteiger charge is -2.10. The molecule has 2 aromatic heterocycles. The van der Waals surface area contributed by atoms with Gasteiger partial charge in [0.1, 0.15) is 4.21 Å². The average Bonchev–Trinajstić information content (AvgIpc) is 3.32. The zero-order valence-corrected chi connectivity index (χ0v) is 16.2. The van der Waals surface area contributed by atoms with Gasteiger partial charge in [-0.25, -0.2) is 13.2 Å². The number of carbonyl (C=O) groups excluding carboxylic acids is 1. The van der Waals surface area contributed by atoms with Gasteiger partial charge in [0.2, 0.25) is 0 Å². The summed E-state index contributed by atoms with van der Waals surface area (Å²) in [5, 5.41) is 5.45. The smallest absolute Gasteiger partial charge is 0.340 e. The summed E-state index contributed by atoms with van der Waals surface area (Å²) in [6, 6.07) is 9.32. The van der Waals surface area contributed by atoms with Gasteiger partial charge in [-0.05, 0) is 23.6 Å². The second-order valence-electron chi connectivity index (χ2n) is 5.86. The lowest BCUT2D eigenvalue weighted by atomic mass is 10.2. The van der Waals surface area contributed by atoms with Crippen LogP contribution in [0.25, 0.3) is 0 Å². The molecule has 0 aliphatic carbocycles. The molecule has 8 nitrogen and oxygen atoms in total. The van der Waals surface area contributed by atoms with E-state index in [9.17, 15) is 13.2 Å². The first kappa shape index (κ1) is 19.1. The molecule has 0 fully saturated rings. The summed E-state index contributed by atoms with van der Waals surface area (Å²) in [7, 11) is -3.78. The average molecular weight is 407 g/mol. The maximum absolute atomic E-state index is 12.4. The molecule has 0 saturated heterocycles. The minimum atomic E-state index is -3.78. The Bertz CT molecular complexity index is 1030. The highest BCUT2D eigenvalue weighted by Crippen LogP contribution is 2.23. The van der Waals surface area contributed by atoms with Gasteiger partial charge in [-0.15, -0.1) is 11.3 Å². The molecule has 0 aliphatic heterocycles. The Kier molecular flexibility index (Phi) is 5.57. The number of carbonyl (C=O) groups is 1. The van der Waals surface area contributed by atoms with Gasteiger partial charge in [-0.1, -0.05) is 37.2 Å². The molecular weight excluding hydrogens is 390 g/mol. The normalized spacial score (nSPS) is 11.5. The van der Waals surface area contributed by atoms with Crippen LogP contribution in [0, 0.1) is 0 Å². The molecule has 0 bridgehead atoms. The van der Waals surface area contributed by atoms with E-state index in [2.05, 4.69) is 14.9 Å². The standard InChI is InChI=1S/C17H17N3O5S2/c1-11(2)16-18-14(25-19-16)10-24-17(21)12-6-3-4-7-13(12)20-27(22,23)15-8-5-9-26-15/h3-9,11,20H,10H2,1-2H3. The molecule has 0 amide bonds. The third-order valence-electron chi connectivity index (χ3n) is 3.48. The molecule has 1 N–H and O–H groups in total. The number of ether oxygens (including phenoxy) is 1. The molecular formula is C17H17N3O5S2. The Morgan fingerprint density at radius 1 is 1.26 bits per heavy atom. The Balaban J connectivity index is 1.73. The Morgan fingerprint density at radius 2 is 2.04 bits per heavy atom. The molecule has 3 aromatic rings. The summed E-state index contributed by atoms with van der Waals surface area (Å²) in [6.07, 6.45) is 0. The van der Waals surface area contributed by atoms with E-state index in [0.717, 1.165) is 11.3 Å². The van der Waals surface area contributed by atoms with Crippen LogP contribution >= 0.6 is 11.3 Å². The van der Waals surface area contributed by atoms with E-state index in [1.54, 1.807) is 23.6 Å². The van der Waals surface area contributed by atoms with Crippen LogP contribution in [0.15, 0.2) is 50.5 Å². The Labute approximate surface area is 160 Å². The molecule has 3 rings (SSSR count). The zero-order chi connectivity index (χ0) is 19.4. The van der Waals surface area contributed by atoms with E-state index in [0.29, 0.717) is 5.82 Å². The second kappa shape index (κ2) is 7.89. The SMILES string of the molecule is CC(C)c1noc(COC(=O)c2ccccc2NS(=O)(=O)c2cccs2)n1. The maximum atomic E-state index is 12.4. The van der Waals surface area contributed by atoms with Gasteiger partial charge in [0.25, 0.3) is 15.9 Å². The van der Waals surface area contributed by atoms with Crippen molar-refractivity contribution in [3.05, 3.63) is 59.1 Å². The molecule has 2 heterocycles. The number of aromatic nitrogens is 2. The van der Waals surface area contributed by atoms with Crippen molar-refractivity contribution in [2.45, 2.75) is 30.6 Å². The summed E-state index contributed by atoms with van der Waals surface area (Å²) in [4.78, 5) is 16.5. The minimum absolute atomic E-state index is 0.0845. The number of rotatable bonds is 7. The van der Waals surface area contributed by atoms with Crippen LogP contribution in [0.5, 0.6) is 0 Å². The summed E-state index contributed by atoms with van der Waals surface area (Å²) in [6.45, 7) is 3.62. The first-order chi connectivity index (χ1) is 12.9. The Morgan fingerprint density at radius 3 is 2.70 bits per heavy atom. The third-order valence-corrected chi connectivity index (χ3v) is 6.24. The summed E-state index contributed by atoms with van der Waals surface area (Å²) >= 11 is 1.08. The van der Waals surface area contributed by atoms with E-state index >= 15 is 0 Å². The molecule has 0 spiro atoms. The predicted octanol–water partition coefficient (Wildman–Crippen LogP) is 3.41. The number of nitrogens with one attached hydrogen (secondary N) is 1. The number of hydrogen-bond donors (Lipinski definition) is 1. The van der Waals surface area contributed by atoms with Gasteiger partial charge >= 0.3 is 5.97 Å². The maximum Gasteiger partial charge on any atom is 0.340 e. The number of anilines is 1. The fraction of sp³-hybridized carbons (Fsp3) is 0.235. The van der Waals surface area contributed by atoms with Crippen molar-refractivity contribution in [3.63, 3.8) is 0 Å². The van der Waals surface area contributed by atoms with Gasteiger partial charge in [-0.3, -0.25) is 4.72 Å². The molecule has 142 valence electrons. The third kappa shape index (κ3) is 4.52. The molecule has 27 heavy (non-hydrogen) atoms. The van der Waals surface area contributed by atoms with Gasteiger partial charge in [-0.2, -0.15) is 4.98 Å². The molecule has 1 aromatic carbocycles. The highest BCUT2D eigenvalue weighted by atomic mass is 32.2. The minimum Gasteiger partial charge on any atom is -0.452 e. The van der Waals surface area contributed by atoms with Crippen LogP contribution in [-0.4, -0.2) is 24.5 Å². The quantitative estimate of drug-likeness (QED) is 0.597. The van der Waals surface area contributed by atoms with Gasteiger partial charge in [0.05, 0.1) is 11.3 Å². The predicted molar refractivity (Wildman–Crippen MR) is 99.1 cm³/mol. The zero-order valence-electron chi connectivity index (χ0n) is 14.6. The van der Waals surface area contributed by atoms with Crippen molar-refractivity contribution in [2.24, 2.45) is 0 Å². The number of para-hydroxylation sites is 1. The number of thiophene rings is 1. The number of nitrogens with zero attached hydrogens (tertiary/aromatic N) is 2. The molecule has 0 saturated carbocycles. The van der Waals surface area contributed by atoms with E-state index in [1.807, 2.05) is 13.8 Å². The number of hydrogen-bond acceptors (Lipinski definition) is 8. The fourth-order valence-electron chi connectivity index (χ4n) is 2.13. The molecule has 0 atom stereocenters. The van der Waals surface area contributed by atoms with Crippen molar-refractivity contribution in [2.75, 3.05) is 4.72 Å². The molecule has 0 aliphatic rings. The van der Waals surface area contributed by atoms with Gasteiger partial charge in [0, 0.05) is 5.92 Å². The number of sulfonamides is 1.